The minimum absolute atomic E-state index is 0. The highest BCUT2D eigenvalue weighted by atomic mass is 35.5. The van der Waals surface area contributed by atoms with Gasteiger partial charge in [0.2, 0.25) is 0 Å². The Hall–Kier alpha value is -1.55. The minimum atomic E-state index is -0.473. The molecule has 1 atom stereocenters. The van der Waals surface area contributed by atoms with E-state index in [1.807, 2.05) is 24.6 Å². The molecule has 116 valence electrons. The van der Waals surface area contributed by atoms with Gasteiger partial charge >= 0.3 is 0 Å². The predicted molar refractivity (Wildman–Crippen MR) is 97.4 cm³/mol. The van der Waals surface area contributed by atoms with Gasteiger partial charge in [-0.15, -0.1) is 23.7 Å². The van der Waals surface area contributed by atoms with Crippen molar-refractivity contribution in [3.05, 3.63) is 64.7 Å². The molecule has 0 bridgehead atoms. The maximum atomic E-state index is 8.31. The van der Waals surface area contributed by atoms with Gasteiger partial charge in [-0.25, -0.2) is 0 Å². The standard InChI is InChI=1S/C18H19NOS.ClH/c1-19-12-11-17(18-10-5-13-21-18)20-16-9-4-7-14-6-2-3-8-15(14)16;/h2-10,13,17,19H,11-12H2,1H3;1H/i2D,3D,4D,6D,7D,8D,9D;. The Bertz CT molecular complexity index is 1020. The fraction of sp³-hybridized carbons (Fsp3) is 0.222. The third-order valence-corrected chi connectivity index (χ3v) is 4.02. The van der Waals surface area contributed by atoms with E-state index in [0.29, 0.717) is 13.0 Å². The number of ether oxygens (including phenoxy) is 1. The largest absolute Gasteiger partial charge is 0.484 e. The third-order valence-electron chi connectivity index (χ3n) is 3.06. The van der Waals surface area contributed by atoms with Gasteiger partial charge in [0, 0.05) is 16.7 Å². The zero-order chi connectivity index (χ0) is 20.6. The summed E-state index contributed by atoms with van der Waals surface area (Å²) in [5.41, 5.74) is 0. The van der Waals surface area contributed by atoms with Crippen molar-refractivity contribution in [2.75, 3.05) is 13.6 Å². The van der Waals surface area contributed by atoms with Gasteiger partial charge in [-0.2, -0.15) is 0 Å². The first-order valence-electron chi connectivity index (χ1n) is 10.1. The Kier molecular flexibility index (Phi) is 3.55. The summed E-state index contributed by atoms with van der Waals surface area (Å²) in [5.74, 6) is -0.0856. The lowest BCUT2D eigenvalue weighted by Crippen LogP contribution is -2.15. The van der Waals surface area contributed by atoms with Crippen LogP contribution in [-0.2, 0) is 0 Å². The monoisotopic (exact) mass is 340 g/mol. The lowest BCUT2D eigenvalue weighted by Gasteiger charge is -2.19. The Balaban J connectivity index is 0.00000300. The first-order valence-corrected chi connectivity index (χ1v) is 7.52. The van der Waals surface area contributed by atoms with Crippen LogP contribution in [0.15, 0.2) is 59.8 Å². The van der Waals surface area contributed by atoms with Crippen LogP contribution >= 0.6 is 23.7 Å². The number of halogens is 1. The van der Waals surface area contributed by atoms with E-state index in [0.717, 1.165) is 4.88 Å². The first kappa shape index (κ1) is 9.56. The van der Waals surface area contributed by atoms with E-state index in [9.17, 15) is 0 Å². The molecule has 0 saturated carbocycles. The van der Waals surface area contributed by atoms with Crippen LogP contribution in [0.25, 0.3) is 10.8 Å². The van der Waals surface area contributed by atoms with E-state index in [-0.39, 0.29) is 41.0 Å². The molecule has 1 aromatic heterocycles. The van der Waals surface area contributed by atoms with Gasteiger partial charge in [0.05, 0.1) is 9.60 Å². The topological polar surface area (TPSA) is 21.3 Å². The van der Waals surface area contributed by atoms with Crippen molar-refractivity contribution in [2.45, 2.75) is 12.5 Å². The normalized spacial score (nSPS) is 16.3. The molecule has 0 aliphatic carbocycles. The van der Waals surface area contributed by atoms with Gasteiger partial charge in [0.1, 0.15) is 11.9 Å². The molecule has 0 radical (unpaired) electrons. The average molecular weight is 341 g/mol. The molecule has 1 N–H and O–H groups in total. The molecule has 3 aromatic rings. The highest BCUT2D eigenvalue weighted by Gasteiger charge is 2.15. The van der Waals surface area contributed by atoms with Crippen LogP contribution in [0.4, 0.5) is 0 Å². The number of hydrogen-bond acceptors (Lipinski definition) is 3. The number of nitrogens with one attached hydrogen (secondary N) is 1. The summed E-state index contributed by atoms with van der Waals surface area (Å²) in [6, 6.07) is 0.897. The molecule has 0 saturated heterocycles. The summed E-state index contributed by atoms with van der Waals surface area (Å²) in [4.78, 5) is 0.908. The van der Waals surface area contributed by atoms with E-state index in [1.165, 1.54) is 11.3 Å². The maximum absolute atomic E-state index is 8.31. The average Bonchev–Trinajstić information content (AvgIpc) is 3.22. The summed E-state index contributed by atoms with van der Waals surface area (Å²) < 4.78 is 62.9. The number of thiophene rings is 1. The summed E-state index contributed by atoms with van der Waals surface area (Å²) in [6.07, 6.45) is 0.119. The number of hydrogen-bond donors (Lipinski definition) is 1. The molecule has 22 heavy (non-hydrogen) atoms. The molecule has 3 rings (SSSR count). The second-order valence-corrected chi connectivity index (χ2v) is 5.45. The van der Waals surface area contributed by atoms with Gasteiger partial charge in [-0.1, -0.05) is 42.3 Å². The van der Waals surface area contributed by atoms with Crippen LogP contribution in [0.3, 0.4) is 0 Å². The van der Waals surface area contributed by atoms with E-state index in [1.54, 1.807) is 0 Å². The number of rotatable bonds is 6. The van der Waals surface area contributed by atoms with Crippen LogP contribution < -0.4 is 10.1 Å². The zero-order valence-corrected chi connectivity index (χ0v) is 13.6. The van der Waals surface area contributed by atoms with Crippen molar-refractivity contribution in [1.82, 2.24) is 5.32 Å². The molecule has 1 heterocycles. The summed E-state index contributed by atoms with van der Waals surface area (Å²) in [6.45, 7) is 0.635. The molecule has 4 heteroatoms. The van der Waals surface area contributed by atoms with Crippen LogP contribution in [0, 0.1) is 0 Å². The minimum Gasteiger partial charge on any atom is -0.484 e. The SMILES string of the molecule is Cl.[2H]c1c([2H])c([2H])c2c(OC(CCNC)c3cccs3)c([2H])c([2H])c([2H])c2c1[2H]. The molecule has 0 fully saturated rings. The second-order valence-electron chi connectivity index (χ2n) is 4.47. The Morgan fingerprint density at radius 1 is 1.23 bits per heavy atom. The maximum Gasteiger partial charge on any atom is 0.134 e. The van der Waals surface area contributed by atoms with Crippen molar-refractivity contribution in [3.8, 4) is 5.75 Å². The number of fused-ring (bicyclic) bond motifs is 1. The predicted octanol–water partition coefficient (Wildman–Crippen LogP) is 5.05. The molecule has 0 amide bonds. The quantitative estimate of drug-likeness (QED) is 0.677. The van der Waals surface area contributed by atoms with Crippen molar-refractivity contribution in [1.29, 1.82) is 0 Å². The van der Waals surface area contributed by atoms with Crippen LogP contribution in [0.1, 0.15) is 27.0 Å². The van der Waals surface area contributed by atoms with Crippen molar-refractivity contribution >= 4 is 34.5 Å². The fourth-order valence-electron chi connectivity index (χ4n) is 2.03. The van der Waals surface area contributed by atoms with Crippen molar-refractivity contribution < 1.29 is 14.3 Å². The molecule has 1 unspecified atom stereocenters. The fourth-order valence-corrected chi connectivity index (χ4v) is 2.82. The van der Waals surface area contributed by atoms with Gasteiger partial charge in [-0.3, -0.25) is 0 Å². The molecule has 2 aromatic carbocycles. The smallest absolute Gasteiger partial charge is 0.134 e. The van der Waals surface area contributed by atoms with Gasteiger partial charge in [0.15, 0.2) is 0 Å². The molecule has 0 aliphatic heterocycles. The molecule has 2 nitrogen and oxygen atoms in total. The highest BCUT2D eigenvalue weighted by molar-refractivity contribution is 7.10. The summed E-state index contributed by atoms with van der Waals surface area (Å²) in [7, 11) is 1.81. The Labute approximate surface area is 151 Å². The molecule has 0 aliphatic rings. The van der Waals surface area contributed by atoms with E-state index in [2.05, 4.69) is 5.32 Å². The van der Waals surface area contributed by atoms with Gasteiger partial charge < -0.3 is 10.1 Å². The van der Waals surface area contributed by atoms with Crippen molar-refractivity contribution in [3.63, 3.8) is 0 Å². The molecule has 0 spiro atoms. The highest BCUT2D eigenvalue weighted by Crippen LogP contribution is 2.32. The summed E-state index contributed by atoms with van der Waals surface area (Å²) in [5, 5.41) is 4.82. The van der Waals surface area contributed by atoms with E-state index in [4.69, 9.17) is 14.3 Å². The van der Waals surface area contributed by atoms with Crippen molar-refractivity contribution in [2.24, 2.45) is 0 Å². The van der Waals surface area contributed by atoms with Crippen LogP contribution in [0.5, 0.6) is 5.75 Å². The van der Waals surface area contributed by atoms with E-state index < -0.39 is 36.3 Å². The Morgan fingerprint density at radius 3 is 2.82 bits per heavy atom. The van der Waals surface area contributed by atoms with Gasteiger partial charge in [-0.05, 0) is 36.5 Å². The molecular weight excluding hydrogens is 314 g/mol. The first-order chi connectivity index (χ1) is 13.3. The molecular formula is C18H20ClNOS. The van der Waals surface area contributed by atoms with Crippen LogP contribution in [0.2, 0.25) is 0 Å². The lowest BCUT2D eigenvalue weighted by atomic mass is 10.1. The zero-order valence-electron chi connectivity index (χ0n) is 18.9. The number of benzene rings is 2. The van der Waals surface area contributed by atoms with Gasteiger partial charge in [0.25, 0.3) is 0 Å². The second kappa shape index (κ2) is 8.18. The third kappa shape index (κ3) is 3.80. The van der Waals surface area contributed by atoms with E-state index >= 15 is 0 Å². The Morgan fingerprint density at radius 2 is 2.05 bits per heavy atom. The summed E-state index contributed by atoms with van der Waals surface area (Å²) >= 11 is 1.48. The lowest BCUT2D eigenvalue weighted by molar-refractivity contribution is 0.201. The van der Waals surface area contributed by atoms with Crippen LogP contribution in [-0.4, -0.2) is 13.6 Å².